The maximum Gasteiger partial charge on any atom is 0.282 e. The fourth-order valence-corrected chi connectivity index (χ4v) is 4.36. The van der Waals surface area contributed by atoms with Gasteiger partial charge in [0.25, 0.3) is 10.2 Å². The molecule has 7 nitrogen and oxygen atoms in total. The van der Waals surface area contributed by atoms with Crippen molar-refractivity contribution in [2.24, 2.45) is 0 Å². The minimum Gasteiger partial charge on any atom is -0.379 e. The SMILES string of the molecule is CN(Cc1ccccc1N1CCOCC1)S(=O)(=O)N1CCOCC1. The van der Waals surface area contributed by atoms with Crippen LogP contribution in [0, 0.1) is 0 Å². The van der Waals surface area contributed by atoms with Gasteiger partial charge >= 0.3 is 0 Å². The highest BCUT2D eigenvalue weighted by Crippen LogP contribution is 2.24. The van der Waals surface area contributed by atoms with E-state index in [2.05, 4.69) is 11.0 Å². The lowest BCUT2D eigenvalue weighted by molar-refractivity contribution is 0.0705. The molecule has 1 aromatic rings. The lowest BCUT2D eigenvalue weighted by Crippen LogP contribution is -2.47. The summed E-state index contributed by atoms with van der Waals surface area (Å²) >= 11 is 0. The molecule has 24 heavy (non-hydrogen) atoms. The zero-order valence-corrected chi connectivity index (χ0v) is 14.9. The van der Waals surface area contributed by atoms with Crippen molar-refractivity contribution in [2.45, 2.75) is 6.54 Å². The second-order valence-electron chi connectivity index (χ2n) is 6.00. The molecule has 0 saturated carbocycles. The summed E-state index contributed by atoms with van der Waals surface area (Å²) in [6.07, 6.45) is 0. The number of rotatable bonds is 5. The second-order valence-corrected chi connectivity index (χ2v) is 8.04. The van der Waals surface area contributed by atoms with Crippen LogP contribution in [-0.4, -0.2) is 76.7 Å². The molecule has 0 aliphatic carbocycles. The summed E-state index contributed by atoms with van der Waals surface area (Å²) in [6, 6.07) is 7.99. The van der Waals surface area contributed by atoms with Gasteiger partial charge in [-0.25, -0.2) is 0 Å². The first-order valence-corrected chi connectivity index (χ1v) is 9.68. The first-order chi connectivity index (χ1) is 11.6. The minimum atomic E-state index is -3.46. The zero-order valence-electron chi connectivity index (χ0n) is 14.1. The Morgan fingerprint density at radius 3 is 2.25 bits per heavy atom. The highest BCUT2D eigenvalue weighted by Gasteiger charge is 2.29. The number of ether oxygens (including phenoxy) is 2. The number of para-hydroxylation sites is 1. The van der Waals surface area contributed by atoms with Crippen molar-refractivity contribution in [2.75, 3.05) is 64.6 Å². The highest BCUT2D eigenvalue weighted by molar-refractivity contribution is 7.86. The van der Waals surface area contributed by atoms with Crippen LogP contribution >= 0.6 is 0 Å². The van der Waals surface area contributed by atoms with Crippen LogP contribution in [0.2, 0.25) is 0 Å². The molecule has 0 N–H and O–H groups in total. The fourth-order valence-electron chi connectivity index (χ4n) is 3.05. The molecule has 2 heterocycles. The fraction of sp³-hybridized carbons (Fsp3) is 0.625. The first kappa shape index (κ1) is 17.6. The summed E-state index contributed by atoms with van der Waals surface area (Å²) in [5, 5.41) is 0. The summed E-state index contributed by atoms with van der Waals surface area (Å²) < 4.78 is 39.1. The quantitative estimate of drug-likeness (QED) is 0.771. The van der Waals surface area contributed by atoms with Gasteiger partial charge in [-0.3, -0.25) is 0 Å². The number of benzene rings is 1. The molecule has 1 aromatic carbocycles. The number of hydrogen-bond acceptors (Lipinski definition) is 5. The molecular weight excluding hydrogens is 330 g/mol. The number of morpholine rings is 2. The van der Waals surface area contributed by atoms with E-state index in [1.807, 2.05) is 18.2 Å². The topological polar surface area (TPSA) is 62.3 Å². The van der Waals surface area contributed by atoms with Gasteiger partial charge in [-0.2, -0.15) is 17.0 Å². The molecule has 8 heteroatoms. The summed E-state index contributed by atoms with van der Waals surface area (Å²) in [7, 11) is -1.82. The van der Waals surface area contributed by atoms with Gasteiger partial charge in [-0.1, -0.05) is 18.2 Å². The predicted molar refractivity (Wildman–Crippen MR) is 92.3 cm³/mol. The van der Waals surface area contributed by atoms with Gasteiger partial charge in [0.1, 0.15) is 0 Å². The molecule has 0 unspecified atom stereocenters. The van der Waals surface area contributed by atoms with Crippen LogP contribution in [0.3, 0.4) is 0 Å². The van der Waals surface area contributed by atoms with Crippen LogP contribution in [0.15, 0.2) is 24.3 Å². The van der Waals surface area contributed by atoms with Crippen LogP contribution in [0.4, 0.5) is 5.69 Å². The Bertz CT molecular complexity index is 640. The van der Waals surface area contributed by atoms with Crippen molar-refractivity contribution in [3.05, 3.63) is 29.8 Å². The molecule has 2 aliphatic rings. The van der Waals surface area contributed by atoms with E-state index >= 15 is 0 Å². The van der Waals surface area contributed by atoms with Gasteiger partial charge in [0.05, 0.1) is 26.4 Å². The molecule has 0 bridgehead atoms. The molecule has 3 rings (SSSR count). The van der Waals surface area contributed by atoms with E-state index in [9.17, 15) is 8.42 Å². The Morgan fingerprint density at radius 2 is 1.58 bits per heavy atom. The molecule has 2 aliphatic heterocycles. The van der Waals surface area contributed by atoms with Gasteiger partial charge in [0.15, 0.2) is 0 Å². The van der Waals surface area contributed by atoms with Crippen LogP contribution in [-0.2, 0) is 26.2 Å². The number of anilines is 1. The Labute approximate surface area is 143 Å². The van der Waals surface area contributed by atoms with E-state index in [1.54, 1.807) is 7.05 Å². The molecule has 0 radical (unpaired) electrons. The smallest absolute Gasteiger partial charge is 0.282 e. The van der Waals surface area contributed by atoms with Gasteiger partial charge in [0, 0.05) is 45.5 Å². The number of hydrogen-bond donors (Lipinski definition) is 0. The molecule has 0 atom stereocenters. The lowest BCUT2D eigenvalue weighted by atomic mass is 10.1. The summed E-state index contributed by atoms with van der Waals surface area (Å²) in [5.41, 5.74) is 2.10. The van der Waals surface area contributed by atoms with E-state index in [1.165, 1.54) is 8.61 Å². The monoisotopic (exact) mass is 355 g/mol. The molecule has 0 aromatic heterocycles. The summed E-state index contributed by atoms with van der Waals surface area (Å²) in [4.78, 5) is 2.26. The average molecular weight is 355 g/mol. The third-order valence-corrected chi connectivity index (χ3v) is 6.36. The molecule has 2 saturated heterocycles. The standard InChI is InChI=1S/C16H25N3O4S/c1-17(24(20,21)19-8-12-23-13-9-19)14-15-4-2-3-5-16(15)18-6-10-22-11-7-18/h2-5H,6-14H2,1H3. The van der Waals surface area contributed by atoms with E-state index in [4.69, 9.17) is 9.47 Å². The average Bonchev–Trinajstić information content (AvgIpc) is 2.63. The third kappa shape index (κ3) is 3.89. The van der Waals surface area contributed by atoms with Gasteiger partial charge in [-0.15, -0.1) is 0 Å². The lowest BCUT2D eigenvalue weighted by Gasteiger charge is -2.33. The van der Waals surface area contributed by atoms with E-state index in [0.717, 1.165) is 24.3 Å². The van der Waals surface area contributed by atoms with Crippen molar-refractivity contribution in [1.82, 2.24) is 8.61 Å². The summed E-state index contributed by atoms with van der Waals surface area (Å²) in [6.45, 7) is 5.16. The maximum atomic E-state index is 12.7. The zero-order chi connectivity index (χ0) is 17.0. The Morgan fingerprint density at radius 1 is 1.00 bits per heavy atom. The van der Waals surface area contributed by atoms with Crippen molar-refractivity contribution in [3.63, 3.8) is 0 Å². The highest BCUT2D eigenvalue weighted by atomic mass is 32.2. The molecule has 2 fully saturated rings. The van der Waals surface area contributed by atoms with Crippen LogP contribution < -0.4 is 4.90 Å². The van der Waals surface area contributed by atoms with Gasteiger partial charge < -0.3 is 14.4 Å². The normalized spacial score (nSPS) is 20.5. The maximum absolute atomic E-state index is 12.7. The van der Waals surface area contributed by atoms with Crippen molar-refractivity contribution in [1.29, 1.82) is 0 Å². The molecule has 134 valence electrons. The Hall–Kier alpha value is -1.19. The van der Waals surface area contributed by atoms with Crippen molar-refractivity contribution in [3.8, 4) is 0 Å². The Kier molecular flexibility index (Phi) is 5.72. The third-order valence-electron chi connectivity index (χ3n) is 4.43. The van der Waals surface area contributed by atoms with E-state index in [-0.39, 0.29) is 0 Å². The first-order valence-electron chi connectivity index (χ1n) is 8.29. The second kappa shape index (κ2) is 7.79. The van der Waals surface area contributed by atoms with Crippen LogP contribution in [0.1, 0.15) is 5.56 Å². The van der Waals surface area contributed by atoms with Crippen molar-refractivity contribution >= 4 is 15.9 Å². The summed E-state index contributed by atoms with van der Waals surface area (Å²) in [5.74, 6) is 0. The van der Waals surface area contributed by atoms with Crippen LogP contribution in [0.5, 0.6) is 0 Å². The van der Waals surface area contributed by atoms with Gasteiger partial charge in [0.2, 0.25) is 0 Å². The minimum absolute atomic E-state index is 0.354. The molecule has 0 spiro atoms. The van der Waals surface area contributed by atoms with Crippen LogP contribution in [0.25, 0.3) is 0 Å². The predicted octanol–water partition coefficient (Wildman–Crippen LogP) is 0.532. The number of nitrogens with zero attached hydrogens (tertiary/aromatic N) is 3. The Balaban J connectivity index is 1.75. The molecular formula is C16H25N3O4S. The molecule has 0 amide bonds. The van der Waals surface area contributed by atoms with E-state index in [0.29, 0.717) is 46.1 Å². The van der Waals surface area contributed by atoms with Crippen molar-refractivity contribution < 1.29 is 17.9 Å². The van der Waals surface area contributed by atoms with E-state index < -0.39 is 10.2 Å². The largest absolute Gasteiger partial charge is 0.379 e. The van der Waals surface area contributed by atoms with Gasteiger partial charge in [-0.05, 0) is 11.6 Å².